The first-order valence-electron chi connectivity index (χ1n) is 0. The van der Waals surface area contributed by atoms with Crippen LogP contribution >= 0.6 is 0 Å². The molecule has 10 N–H and O–H groups in total. The quantitative estimate of drug-likeness (QED) is 0.378. The second kappa shape index (κ2) is 109. The first-order valence-corrected chi connectivity index (χ1v) is 0. The molecule has 0 rings (SSSR count). The van der Waals surface area contributed by atoms with Crippen molar-refractivity contribution >= 4 is 207 Å². The van der Waals surface area contributed by atoms with Crippen LogP contribution in [0.25, 0.3) is 0 Å². The van der Waals surface area contributed by atoms with Crippen LogP contribution in [-0.2, 0) is 0 Å². The van der Waals surface area contributed by atoms with Crippen molar-refractivity contribution in [2.75, 3.05) is 0 Å². The summed E-state index contributed by atoms with van der Waals surface area (Å²) in [5, 5.41) is 0. The van der Waals surface area contributed by atoms with Gasteiger partial charge in [-0.1, -0.05) is 0 Å². The van der Waals surface area contributed by atoms with Gasteiger partial charge in [0.05, 0.1) is 0 Å². The zero-order valence-corrected chi connectivity index (χ0v) is 2.50. The molecule has 0 heterocycles. The normalized spacial score (nSPS) is 0. The van der Waals surface area contributed by atoms with Gasteiger partial charge in [-0.15, -0.1) is 0 Å². The predicted molar refractivity (Wildman–Crippen MR) is 68.1 cm³/mol. The summed E-state index contributed by atoms with van der Waals surface area (Å²) < 4.78 is 0. The van der Waals surface area contributed by atoms with Crippen LogP contribution in [0.5, 0.6) is 0 Å². The van der Waals surface area contributed by atoms with E-state index in [2.05, 4.69) is 0 Å². The van der Waals surface area contributed by atoms with E-state index in [-0.39, 0.29) is 234 Å². The molecule has 0 aromatic heterocycles. The van der Waals surface area contributed by atoms with Crippen LogP contribution in [0.4, 0.5) is 0 Å². The van der Waals surface area contributed by atoms with Crippen LogP contribution in [0.1, 0.15) is 0 Å². The Morgan fingerprint density at radius 2 is 0.167 bits per heavy atom. The van der Waals surface area contributed by atoms with E-state index in [0.29, 0.717) is 0 Å². The molecule has 0 atom stereocenters. The number of hydrogen-bond donors (Lipinski definition) is 0. The van der Waals surface area contributed by atoms with Crippen molar-refractivity contribution < 1.29 is 27.4 Å². The molecule has 0 unspecified atom stereocenters. The summed E-state index contributed by atoms with van der Waals surface area (Å²) in [6, 6.07) is 0. The summed E-state index contributed by atoms with van der Waals surface area (Å²) in [5.41, 5.74) is 0. The second-order valence-corrected chi connectivity index (χ2v) is 0. The van der Waals surface area contributed by atoms with Crippen molar-refractivity contribution in [2.24, 2.45) is 0 Å². The van der Waals surface area contributed by atoms with Crippen LogP contribution in [-0.4, -0.2) is 234 Å². The summed E-state index contributed by atoms with van der Waals surface area (Å²) in [7, 11) is 0. The Morgan fingerprint density at radius 3 is 0.167 bits per heavy atom. The van der Waals surface area contributed by atoms with Gasteiger partial charge in [-0.05, 0) is 0 Å². The van der Waals surface area contributed by atoms with Crippen LogP contribution in [0.15, 0.2) is 0 Å². The first-order chi connectivity index (χ1) is 0. The zero-order valence-electron chi connectivity index (χ0n) is 2.50. The molecule has 0 amide bonds. The maximum absolute atomic E-state index is 0. The van der Waals surface area contributed by atoms with Crippen molar-refractivity contribution in [2.45, 2.75) is 0 Å². The average Bonchev–Trinajstić information content (AvgIpc) is 0. The van der Waals surface area contributed by atoms with Gasteiger partial charge in [0, 0.05) is 0 Å². The maximum atomic E-state index is 0. The van der Waals surface area contributed by atoms with Gasteiger partial charge in [0.2, 0.25) is 0 Å². The zero-order chi connectivity index (χ0) is 0. The monoisotopic (exact) mass is 258 g/mol. The summed E-state index contributed by atoms with van der Waals surface area (Å²) in [5.74, 6) is 0. The van der Waals surface area contributed by atoms with E-state index in [1.165, 1.54) is 0 Å². The predicted octanol–water partition coefficient (Wildman–Crippen LogP) is -8.66. The molecule has 0 aliphatic rings. The van der Waals surface area contributed by atoms with Crippen molar-refractivity contribution in [1.82, 2.24) is 0 Å². The number of rotatable bonds is 0. The van der Waals surface area contributed by atoms with Gasteiger partial charge in [-0.2, -0.15) is 0 Å². The fraction of sp³-hybridized carbons (Fsp3) is 0. The third-order valence-corrected chi connectivity index (χ3v) is 0. The summed E-state index contributed by atoms with van der Waals surface area (Å²) in [6.07, 6.45) is 0. The second-order valence-electron chi connectivity index (χ2n) is 0. The van der Waals surface area contributed by atoms with Gasteiger partial charge in [-0.3, -0.25) is 0 Å². The summed E-state index contributed by atoms with van der Waals surface area (Å²) >= 11 is 0. The van der Waals surface area contributed by atoms with Gasteiger partial charge >= 0.3 is 207 Å². The Bertz CT molecular complexity index is 11.8. The van der Waals surface area contributed by atoms with Crippen LogP contribution in [0.3, 0.4) is 0 Å². The van der Waals surface area contributed by atoms with E-state index >= 15 is 0 Å². The van der Waals surface area contributed by atoms with Crippen LogP contribution < -0.4 is 0 Å². The molecular formula is H17Na7O5. The molecule has 12 heteroatoms. The molecular weight excluding hydrogens is 241 g/mol. The van der Waals surface area contributed by atoms with Gasteiger partial charge in [0.1, 0.15) is 0 Å². The topological polar surface area (TPSA) is 158 Å². The minimum atomic E-state index is 0. The molecule has 0 bridgehead atoms. The third kappa shape index (κ3) is 90.7. The third-order valence-electron chi connectivity index (χ3n) is 0. The Hall–Kier alpha value is 6.80. The molecule has 0 spiro atoms. The minimum absolute atomic E-state index is 0. The van der Waals surface area contributed by atoms with Gasteiger partial charge < -0.3 is 27.4 Å². The first kappa shape index (κ1) is 129. The SMILES string of the molecule is O.O.O.O.O.[NaH].[NaH].[NaH].[NaH].[NaH].[NaH].[NaH]. The molecule has 0 aromatic rings. The number of hydrogen-bond acceptors (Lipinski definition) is 0. The van der Waals surface area contributed by atoms with Gasteiger partial charge in [0.25, 0.3) is 0 Å². The molecule has 0 aromatic carbocycles. The molecule has 0 fully saturated rings. The summed E-state index contributed by atoms with van der Waals surface area (Å²) in [4.78, 5) is 0. The molecule has 0 aliphatic heterocycles. The molecule has 0 aliphatic carbocycles. The van der Waals surface area contributed by atoms with Crippen molar-refractivity contribution in [1.29, 1.82) is 0 Å². The fourth-order valence-electron chi connectivity index (χ4n) is 0. The Morgan fingerprint density at radius 1 is 0.167 bits per heavy atom. The van der Waals surface area contributed by atoms with Crippen LogP contribution in [0, 0.1) is 0 Å². The fourth-order valence-corrected chi connectivity index (χ4v) is 0. The summed E-state index contributed by atoms with van der Waals surface area (Å²) in [6.45, 7) is 0. The van der Waals surface area contributed by atoms with Crippen molar-refractivity contribution in [3.63, 3.8) is 0 Å². The van der Waals surface area contributed by atoms with Crippen molar-refractivity contribution in [3.8, 4) is 0 Å². The van der Waals surface area contributed by atoms with Crippen molar-refractivity contribution in [3.05, 3.63) is 0 Å². The van der Waals surface area contributed by atoms with Gasteiger partial charge in [-0.25, -0.2) is 0 Å². The average molecular weight is 258 g/mol. The van der Waals surface area contributed by atoms with E-state index in [4.69, 9.17) is 0 Å². The molecule has 54 valence electrons. The molecule has 0 saturated heterocycles. The Labute approximate surface area is 228 Å². The molecule has 0 saturated carbocycles. The molecule has 5 nitrogen and oxygen atoms in total. The van der Waals surface area contributed by atoms with Crippen LogP contribution in [0.2, 0.25) is 0 Å². The Kier molecular flexibility index (Phi) is 1170. The molecule has 0 radical (unpaired) electrons. The van der Waals surface area contributed by atoms with E-state index in [1.54, 1.807) is 0 Å². The van der Waals surface area contributed by atoms with Gasteiger partial charge in [0.15, 0.2) is 0 Å². The van der Waals surface area contributed by atoms with E-state index in [0.717, 1.165) is 0 Å². The van der Waals surface area contributed by atoms with E-state index in [1.807, 2.05) is 0 Å². The van der Waals surface area contributed by atoms with E-state index < -0.39 is 0 Å². The van der Waals surface area contributed by atoms with E-state index in [9.17, 15) is 0 Å². The molecule has 12 heavy (non-hydrogen) atoms. The standard InChI is InChI=1S/7Na.5H2O.7H/h;;;;;;;5*1H2;;;;;;;. The Balaban J connectivity index is 0.